The van der Waals surface area contributed by atoms with E-state index in [4.69, 9.17) is 0 Å². The van der Waals surface area contributed by atoms with Crippen molar-refractivity contribution in [2.45, 2.75) is 12.5 Å². The molecule has 1 amide bonds. The normalized spacial score (nSPS) is 12.3. The van der Waals surface area contributed by atoms with E-state index in [0.29, 0.717) is 11.3 Å². The van der Waals surface area contributed by atoms with Crippen molar-refractivity contribution in [1.82, 2.24) is 14.7 Å². The van der Waals surface area contributed by atoms with Gasteiger partial charge >= 0.3 is 0 Å². The molecule has 7 heteroatoms. The van der Waals surface area contributed by atoms with Gasteiger partial charge in [-0.15, -0.1) is 0 Å². The average Bonchev–Trinajstić information content (AvgIpc) is 3.27. The highest BCUT2D eigenvalue weighted by Crippen LogP contribution is 2.24. The molecule has 0 aliphatic rings. The summed E-state index contributed by atoms with van der Waals surface area (Å²) in [6.07, 6.45) is 0.397. The number of benzene rings is 3. The molecule has 33 heavy (non-hydrogen) atoms. The molecule has 5 rings (SSSR count). The van der Waals surface area contributed by atoms with E-state index in [1.54, 1.807) is 24.4 Å². The van der Waals surface area contributed by atoms with Crippen LogP contribution in [0.1, 0.15) is 22.0 Å². The van der Waals surface area contributed by atoms with Crippen molar-refractivity contribution < 1.29 is 13.6 Å². The van der Waals surface area contributed by atoms with Gasteiger partial charge in [0, 0.05) is 18.0 Å². The molecule has 0 radical (unpaired) electrons. The predicted molar refractivity (Wildman–Crippen MR) is 124 cm³/mol. The third-order valence-corrected chi connectivity index (χ3v) is 5.62. The number of H-pyrrole nitrogens is 1. The molecular formula is C26H19F2N3O2. The summed E-state index contributed by atoms with van der Waals surface area (Å²) < 4.78 is 28.8. The number of hydrogen-bond acceptors (Lipinski definition) is 2. The van der Waals surface area contributed by atoms with Crippen molar-refractivity contribution in [3.05, 3.63) is 113 Å². The van der Waals surface area contributed by atoms with Gasteiger partial charge in [-0.25, -0.2) is 8.78 Å². The molecule has 2 heterocycles. The number of carbonyl (C=O) groups is 1. The van der Waals surface area contributed by atoms with Gasteiger partial charge in [-0.05, 0) is 28.5 Å². The van der Waals surface area contributed by atoms with Gasteiger partial charge in [-0.1, -0.05) is 66.7 Å². The molecule has 1 unspecified atom stereocenters. The van der Waals surface area contributed by atoms with Gasteiger partial charge in [0.1, 0.15) is 11.6 Å². The van der Waals surface area contributed by atoms with Crippen LogP contribution >= 0.6 is 0 Å². The average molecular weight is 443 g/mol. The molecule has 5 aromatic rings. The van der Waals surface area contributed by atoms with Gasteiger partial charge < -0.3 is 14.7 Å². The van der Waals surface area contributed by atoms with Crippen LogP contribution in [-0.4, -0.2) is 21.7 Å². The fourth-order valence-corrected chi connectivity index (χ4v) is 3.93. The van der Waals surface area contributed by atoms with Crippen molar-refractivity contribution in [2.24, 2.45) is 0 Å². The molecule has 0 spiro atoms. The Kier molecular flexibility index (Phi) is 5.22. The molecule has 0 saturated carbocycles. The van der Waals surface area contributed by atoms with E-state index < -0.39 is 18.4 Å². The lowest BCUT2D eigenvalue weighted by atomic mass is 10.1. The summed E-state index contributed by atoms with van der Waals surface area (Å²) in [7, 11) is 0. The Hall–Kier alpha value is -4.26. The number of alkyl halides is 2. The Bertz CT molecular complexity index is 1520. The summed E-state index contributed by atoms with van der Waals surface area (Å²) in [5.41, 5.74) is 1.69. The summed E-state index contributed by atoms with van der Waals surface area (Å²) in [5, 5.41) is 4.49. The Labute approximate surface area is 187 Å². The lowest BCUT2D eigenvalue weighted by molar-refractivity contribution is 0.0744. The van der Waals surface area contributed by atoms with Crippen LogP contribution in [0.4, 0.5) is 8.78 Å². The molecule has 2 N–H and O–H groups in total. The zero-order chi connectivity index (χ0) is 22.9. The first-order chi connectivity index (χ1) is 16.0. The van der Waals surface area contributed by atoms with Crippen LogP contribution in [0.15, 0.2) is 96.1 Å². The quantitative estimate of drug-likeness (QED) is 0.393. The van der Waals surface area contributed by atoms with E-state index in [1.165, 1.54) is 28.8 Å². The predicted octanol–water partition coefficient (Wildman–Crippen LogP) is 5.18. The molecule has 3 aromatic carbocycles. The van der Waals surface area contributed by atoms with Crippen molar-refractivity contribution in [1.29, 1.82) is 0 Å². The van der Waals surface area contributed by atoms with Gasteiger partial charge in [0.15, 0.2) is 0 Å². The van der Waals surface area contributed by atoms with Crippen LogP contribution in [0, 0.1) is 0 Å². The van der Waals surface area contributed by atoms with Crippen molar-refractivity contribution in [3.8, 4) is 11.3 Å². The van der Waals surface area contributed by atoms with E-state index in [0.717, 1.165) is 16.3 Å². The molecule has 0 aliphatic carbocycles. The number of amides is 1. The molecule has 0 bridgehead atoms. The number of carbonyl (C=O) groups excluding carboxylic acids is 1. The lowest BCUT2D eigenvalue weighted by Crippen LogP contribution is -2.32. The highest BCUT2D eigenvalue weighted by atomic mass is 19.3. The molecule has 0 fully saturated rings. The Morgan fingerprint density at radius 3 is 2.36 bits per heavy atom. The van der Waals surface area contributed by atoms with Crippen LogP contribution in [0.3, 0.4) is 0 Å². The second-order valence-corrected chi connectivity index (χ2v) is 7.78. The maximum absolute atomic E-state index is 13.6. The minimum atomic E-state index is -2.78. The second kappa shape index (κ2) is 8.35. The SMILES string of the molecule is O=C(NC(c1ccccc1)C(F)F)c1cc2c(=O)[nH]c(-c3ccc4ccccc4c3)cn2c1. The third kappa shape index (κ3) is 4.01. The van der Waals surface area contributed by atoms with E-state index >= 15 is 0 Å². The fourth-order valence-electron chi connectivity index (χ4n) is 3.93. The standard InChI is InChI=1S/C26H19F2N3O2/c27-24(28)23(17-7-2-1-3-8-17)30-25(32)20-13-22-26(33)29-21(15-31(22)14-20)19-11-10-16-6-4-5-9-18(16)12-19/h1-15,23-24H,(H,29,33)(H,30,32). The molecule has 2 aromatic heterocycles. The van der Waals surface area contributed by atoms with Gasteiger partial charge in [0.25, 0.3) is 17.9 Å². The minimum Gasteiger partial charge on any atom is -0.339 e. The largest absolute Gasteiger partial charge is 0.339 e. The lowest BCUT2D eigenvalue weighted by Gasteiger charge is -2.17. The number of halogens is 2. The van der Waals surface area contributed by atoms with Crippen molar-refractivity contribution in [3.63, 3.8) is 0 Å². The molecule has 164 valence electrons. The number of rotatable bonds is 5. The molecule has 0 saturated heterocycles. The zero-order valence-electron chi connectivity index (χ0n) is 17.3. The fraction of sp³-hybridized carbons (Fsp3) is 0.0769. The molecular weight excluding hydrogens is 424 g/mol. The first-order valence-electron chi connectivity index (χ1n) is 10.4. The number of hydrogen-bond donors (Lipinski definition) is 2. The summed E-state index contributed by atoms with van der Waals surface area (Å²) >= 11 is 0. The topological polar surface area (TPSA) is 66.4 Å². The number of nitrogens with zero attached hydrogens (tertiary/aromatic N) is 1. The van der Waals surface area contributed by atoms with E-state index in [2.05, 4.69) is 10.3 Å². The summed E-state index contributed by atoms with van der Waals surface area (Å²) in [6.45, 7) is 0. The van der Waals surface area contributed by atoms with Crippen LogP contribution < -0.4 is 10.9 Å². The van der Waals surface area contributed by atoms with Crippen LogP contribution in [0.25, 0.3) is 27.5 Å². The maximum Gasteiger partial charge on any atom is 0.272 e. The smallest absolute Gasteiger partial charge is 0.272 e. The van der Waals surface area contributed by atoms with Crippen molar-refractivity contribution >= 4 is 22.2 Å². The van der Waals surface area contributed by atoms with Gasteiger partial charge in [0.2, 0.25) is 0 Å². The van der Waals surface area contributed by atoms with Gasteiger partial charge in [-0.2, -0.15) is 0 Å². The Morgan fingerprint density at radius 1 is 0.879 bits per heavy atom. The molecule has 1 atom stereocenters. The minimum absolute atomic E-state index is 0.123. The Balaban J connectivity index is 1.48. The van der Waals surface area contributed by atoms with E-state index in [-0.39, 0.29) is 16.6 Å². The van der Waals surface area contributed by atoms with Gasteiger partial charge in [-0.3, -0.25) is 9.59 Å². The molecule has 5 nitrogen and oxygen atoms in total. The highest BCUT2D eigenvalue weighted by molar-refractivity contribution is 5.96. The van der Waals surface area contributed by atoms with E-state index in [1.807, 2.05) is 42.5 Å². The third-order valence-electron chi connectivity index (χ3n) is 5.62. The molecule has 0 aliphatic heterocycles. The second-order valence-electron chi connectivity index (χ2n) is 7.78. The number of aromatic amines is 1. The van der Waals surface area contributed by atoms with Gasteiger partial charge in [0.05, 0.1) is 11.3 Å². The number of aromatic nitrogens is 2. The number of fused-ring (bicyclic) bond motifs is 2. The number of nitrogens with one attached hydrogen (secondary N) is 2. The highest BCUT2D eigenvalue weighted by Gasteiger charge is 2.25. The van der Waals surface area contributed by atoms with Crippen LogP contribution in [0.5, 0.6) is 0 Å². The zero-order valence-corrected chi connectivity index (χ0v) is 17.3. The van der Waals surface area contributed by atoms with Crippen molar-refractivity contribution in [2.75, 3.05) is 0 Å². The first kappa shape index (κ1) is 20.6. The van der Waals surface area contributed by atoms with Crippen LogP contribution in [-0.2, 0) is 0 Å². The Morgan fingerprint density at radius 2 is 1.61 bits per heavy atom. The monoisotopic (exact) mass is 443 g/mol. The van der Waals surface area contributed by atoms with E-state index in [9.17, 15) is 18.4 Å². The summed E-state index contributed by atoms with van der Waals surface area (Å²) in [5.74, 6) is -0.681. The maximum atomic E-state index is 13.6. The first-order valence-corrected chi connectivity index (χ1v) is 10.4. The summed E-state index contributed by atoms with van der Waals surface area (Å²) in [6, 6.07) is 21.7. The van der Waals surface area contributed by atoms with Crippen LogP contribution in [0.2, 0.25) is 0 Å². The summed E-state index contributed by atoms with van der Waals surface area (Å²) in [4.78, 5) is 28.3.